The number of likely N-dealkylation sites (tertiary alicyclic amines) is 1. The van der Waals surface area contributed by atoms with Crippen molar-refractivity contribution in [3.8, 4) is 5.75 Å². The molecule has 7 nitrogen and oxygen atoms in total. The van der Waals surface area contributed by atoms with Crippen molar-refractivity contribution in [2.75, 3.05) is 6.54 Å². The lowest BCUT2D eigenvalue weighted by atomic mass is 9.94. The van der Waals surface area contributed by atoms with Gasteiger partial charge in [0.05, 0.1) is 24.0 Å². The van der Waals surface area contributed by atoms with Crippen LogP contribution in [0.25, 0.3) is 5.76 Å². The van der Waals surface area contributed by atoms with Crippen molar-refractivity contribution in [2.45, 2.75) is 45.9 Å². The van der Waals surface area contributed by atoms with E-state index in [1.807, 2.05) is 55.8 Å². The monoisotopic (exact) mass is 459 g/mol. The molecule has 2 heterocycles. The molecule has 0 saturated carbocycles. The first-order chi connectivity index (χ1) is 16.3. The molecule has 34 heavy (non-hydrogen) atoms. The van der Waals surface area contributed by atoms with Gasteiger partial charge < -0.3 is 19.3 Å². The average Bonchev–Trinajstić information content (AvgIpc) is 3.42. The number of nitrogens with zero attached hydrogens (tertiary/aromatic N) is 3. The number of ketones is 1. The Morgan fingerprint density at radius 2 is 1.76 bits per heavy atom. The molecule has 1 saturated heterocycles. The summed E-state index contributed by atoms with van der Waals surface area (Å²) in [6, 6.07) is 13.9. The number of aliphatic hydroxyl groups is 1. The van der Waals surface area contributed by atoms with E-state index in [1.54, 1.807) is 41.7 Å². The number of amides is 1. The van der Waals surface area contributed by atoms with Crippen molar-refractivity contribution in [1.82, 2.24) is 14.5 Å². The number of hydrogen-bond donors (Lipinski definition) is 1. The van der Waals surface area contributed by atoms with Crippen molar-refractivity contribution < 1.29 is 19.4 Å². The molecule has 2 aromatic carbocycles. The van der Waals surface area contributed by atoms with Crippen molar-refractivity contribution in [2.24, 2.45) is 0 Å². The zero-order chi connectivity index (χ0) is 24.2. The molecule has 1 amide bonds. The van der Waals surface area contributed by atoms with Crippen molar-refractivity contribution in [3.63, 3.8) is 0 Å². The van der Waals surface area contributed by atoms with E-state index in [2.05, 4.69) is 4.98 Å². The second-order valence-electron chi connectivity index (χ2n) is 8.75. The van der Waals surface area contributed by atoms with E-state index in [4.69, 9.17) is 4.74 Å². The molecule has 1 atom stereocenters. The first-order valence-electron chi connectivity index (χ1n) is 11.4. The maximum absolute atomic E-state index is 13.1. The van der Waals surface area contributed by atoms with Crippen LogP contribution in [-0.2, 0) is 16.1 Å². The summed E-state index contributed by atoms with van der Waals surface area (Å²) in [7, 11) is 0. The van der Waals surface area contributed by atoms with Crippen LogP contribution in [0, 0.1) is 6.92 Å². The van der Waals surface area contributed by atoms with E-state index in [1.165, 1.54) is 0 Å². The Balaban J connectivity index is 1.69. The predicted octanol–water partition coefficient (Wildman–Crippen LogP) is 4.49. The highest BCUT2D eigenvalue weighted by Gasteiger charge is 2.45. The summed E-state index contributed by atoms with van der Waals surface area (Å²) in [5.41, 5.74) is 2.42. The van der Waals surface area contributed by atoms with Gasteiger partial charge in [-0.15, -0.1) is 0 Å². The standard InChI is InChI=1S/C27H29N3O4/c1-18(2)34-22-11-9-21(10-12-22)25(31)23-24(20-7-5-19(3)6-8-20)30(27(33)26(23)32)15-4-14-29-16-13-28-17-29/h5-13,16-18,24,31H,4,14-15H2,1-3H3/b25-23+/t24-/m0/s1. The number of hydrogen-bond acceptors (Lipinski definition) is 5. The fourth-order valence-corrected chi connectivity index (χ4v) is 4.17. The molecule has 4 rings (SSSR count). The molecule has 0 spiro atoms. The Hall–Kier alpha value is -3.87. The number of aromatic nitrogens is 2. The molecule has 7 heteroatoms. The normalized spacial score (nSPS) is 17.5. The minimum Gasteiger partial charge on any atom is -0.507 e. The molecule has 0 bridgehead atoms. The molecule has 0 aliphatic carbocycles. The van der Waals surface area contributed by atoms with Gasteiger partial charge in [0.1, 0.15) is 11.5 Å². The summed E-state index contributed by atoms with van der Waals surface area (Å²) in [5, 5.41) is 11.2. The minimum atomic E-state index is -0.673. The van der Waals surface area contributed by atoms with Crippen LogP contribution in [0.1, 0.15) is 43.0 Å². The zero-order valence-electron chi connectivity index (χ0n) is 19.6. The maximum Gasteiger partial charge on any atom is 0.295 e. The summed E-state index contributed by atoms with van der Waals surface area (Å²) >= 11 is 0. The topological polar surface area (TPSA) is 84.7 Å². The minimum absolute atomic E-state index is 0.0219. The number of imidazole rings is 1. The van der Waals surface area contributed by atoms with Gasteiger partial charge in [-0.05, 0) is 57.0 Å². The van der Waals surface area contributed by atoms with Crippen LogP contribution in [0.15, 0.2) is 72.8 Å². The van der Waals surface area contributed by atoms with E-state index < -0.39 is 17.7 Å². The van der Waals surface area contributed by atoms with Crippen LogP contribution in [0.4, 0.5) is 0 Å². The zero-order valence-corrected chi connectivity index (χ0v) is 19.6. The van der Waals surface area contributed by atoms with Gasteiger partial charge in [0.2, 0.25) is 0 Å². The third-order valence-electron chi connectivity index (χ3n) is 5.81. The molecule has 1 aliphatic heterocycles. The first-order valence-corrected chi connectivity index (χ1v) is 11.4. The van der Waals surface area contributed by atoms with Crippen molar-refractivity contribution >= 4 is 17.4 Å². The van der Waals surface area contributed by atoms with E-state index in [9.17, 15) is 14.7 Å². The van der Waals surface area contributed by atoms with Crippen LogP contribution >= 0.6 is 0 Å². The lowest BCUT2D eigenvalue weighted by Crippen LogP contribution is -2.31. The Morgan fingerprint density at radius 3 is 2.38 bits per heavy atom. The number of carbonyl (C=O) groups is 2. The largest absolute Gasteiger partial charge is 0.507 e. The highest BCUT2D eigenvalue weighted by atomic mass is 16.5. The number of rotatable bonds is 8. The highest BCUT2D eigenvalue weighted by Crippen LogP contribution is 2.39. The second kappa shape index (κ2) is 9.95. The van der Waals surface area contributed by atoms with Crippen LogP contribution < -0.4 is 4.74 Å². The smallest absolute Gasteiger partial charge is 0.295 e. The molecule has 0 unspecified atom stereocenters. The molecule has 1 fully saturated rings. The average molecular weight is 460 g/mol. The molecule has 1 aliphatic rings. The van der Waals surface area contributed by atoms with Gasteiger partial charge >= 0.3 is 0 Å². The van der Waals surface area contributed by atoms with Crippen LogP contribution in [0.5, 0.6) is 5.75 Å². The van der Waals surface area contributed by atoms with Crippen molar-refractivity contribution in [1.29, 1.82) is 0 Å². The Kier molecular flexibility index (Phi) is 6.82. The van der Waals surface area contributed by atoms with Gasteiger partial charge in [0, 0.05) is 31.0 Å². The second-order valence-corrected chi connectivity index (χ2v) is 8.75. The Morgan fingerprint density at radius 1 is 1.06 bits per heavy atom. The molecular weight excluding hydrogens is 430 g/mol. The lowest BCUT2D eigenvalue weighted by Gasteiger charge is -2.25. The highest BCUT2D eigenvalue weighted by molar-refractivity contribution is 6.46. The lowest BCUT2D eigenvalue weighted by molar-refractivity contribution is -0.139. The third kappa shape index (κ3) is 4.88. The van der Waals surface area contributed by atoms with Crippen molar-refractivity contribution in [3.05, 3.63) is 89.5 Å². The first kappa shape index (κ1) is 23.3. The number of aryl methyl sites for hydroxylation is 2. The van der Waals surface area contributed by atoms with Gasteiger partial charge in [-0.1, -0.05) is 29.8 Å². The number of Topliss-reactive ketones (excluding diaryl/α,β-unsaturated/α-hetero) is 1. The third-order valence-corrected chi connectivity index (χ3v) is 5.81. The molecule has 1 aromatic heterocycles. The predicted molar refractivity (Wildman–Crippen MR) is 129 cm³/mol. The summed E-state index contributed by atoms with van der Waals surface area (Å²) in [5.74, 6) is -0.788. The number of carbonyl (C=O) groups excluding carboxylic acids is 2. The number of benzene rings is 2. The fourth-order valence-electron chi connectivity index (χ4n) is 4.17. The van der Waals surface area contributed by atoms with Crippen LogP contribution in [-0.4, -0.2) is 43.9 Å². The van der Waals surface area contributed by atoms with Gasteiger partial charge in [-0.3, -0.25) is 9.59 Å². The van der Waals surface area contributed by atoms with E-state index >= 15 is 0 Å². The van der Waals surface area contributed by atoms with E-state index in [0.717, 1.165) is 11.1 Å². The summed E-state index contributed by atoms with van der Waals surface area (Å²) in [6.45, 7) is 6.89. The molecular formula is C27H29N3O4. The quantitative estimate of drug-likeness (QED) is 0.305. The Labute approximate surface area is 199 Å². The van der Waals surface area contributed by atoms with Gasteiger partial charge in [0.15, 0.2) is 0 Å². The molecule has 1 N–H and O–H groups in total. The molecule has 176 valence electrons. The number of aliphatic hydroxyl groups excluding tert-OH is 1. The van der Waals surface area contributed by atoms with Crippen LogP contribution in [0.2, 0.25) is 0 Å². The van der Waals surface area contributed by atoms with Crippen LogP contribution in [0.3, 0.4) is 0 Å². The number of ether oxygens (including phenoxy) is 1. The summed E-state index contributed by atoms with van der Waals surface area (Å²) in [6.07, 6.45) is 5.95. The van der Waals surface area contributed by atoms with Gasteiger partial charge in [-0.25, -0.2) is 4.98 Å². The van der Waals surface area contributed by atoms with E-state index in [-0.39, 0.29) is 17.4 Å². The van der Waals surface area contributed by atoms with Gasteiger partial charge in [0.25, 0.3) is 11.7 Å². The SMILES string of the molecule is Cc1ccc([C@H]2/C(=C(\O)c3ccc(OC(C)C)cc3)C(=O)C(=O)N2CCCn2ccnc2)cc1. The van der Waals surface area contributed by atoms with Gasteiger partial charge in [-0.2, -0.15) is 0 Å². The fraction of sp³-hybridized carbons (Fsp3) is 0.296. The summed E-state index contributed by atoms with van der Waals surface area (Å²) < 4.78 is 7.60. The Bertz CT molecular complexity index is 1180. The molecule has 3 aromatic rings. The molecule has 0 radical (unpaired) electrons. The summed E-state index contributed by atoms with van der Waals surface area (Å²) in [4.78, 5) is 31.8. The van der Waals surface area contributed by atoms with E-state index in [0.29, 0.717) is 30.8 Å². The maximum atomic E-state index is 13.1.